The van der Waals surface area contributed by atoms with Crippen molar-refractivity contribution in [2.75, 3.05) is 19.5 Å². The lowest BCUT2D eigenvalue weighted by Crippen LogP contribution is -2.13. The number of pyridine rings is 3. The van der Waals surface area contributed by atoms with E-state index >= 15 is 4.39 Å². The van der Waals surface area contributed by atoms with Gasteiger partial charge in [-0.25, -0.2) is 9.37 Å². The van der Waals surface area contributed by atoms with Crippen molar-refractivity contribution in [1.29, 1.82) is 0 Å². The molecule has 0 fully saturated rings. The van der Waals surface area contributed by atoms with Crippen LogP contribution in [0.4, 0.5) is 10.1 Å². The standard InChI is InChI=1S/C29H29FN4O5/c1-16-18(9-11-29(2,3)4)26(35)19(15-32-16)27(36)33-17-7-8-22(20(30)13-17)39-23-10-12-31-21-14-24(37-5)28(38-6)34-25(21)23/h7-15H,1-6H3,(H,32,35)(H,33,36)/b11-9+. The maximum atomic E-state index is 15.0. The molecule has 0 spiro atoms. The molecule has 1 amide bonds. The van der Waals surface area contributed by atoms with Crippen LogP contribution in [0, 0.1) is 18.2 Å². The third-order valence-electron chi connectivity index (χ3n) is 5.71. The van der Waals surface area contributed by atoms with Gasteiger partial charge < -0.3 is 24.6 Å². The Balaban J connectivity index is 1.57. The number of aryl methyl sites for hydroxylation is 1. The number of aromatic nitrogens is 3. The number of ether oxygens (including phenoxy) is 3. The van der Waals surface area contributed by atoms with E-state index < -0.39 is 11.7 Å². The van der Waals surface area contributed by atoms with E-state index in [1.807, 2.05) is 26.8 Å². The molecule has 0 saturated heterocycles. The van der Waals surface area contributed by atoms with Gasteiger partial charge >= 0.3 is 0 Å². The molecule has 0 aliphatic carbocycles. The molecule has 10 heteroatoms. The molecule has 0 atom stereocenters. The number of carbonyl (C=O) groups excluding carboxylic acids is 1. The SMILES string of the molecule is COc1cc2nccc(Oc3ccc(NC(=O)c4cnc(C)c(/C=C/C(C)(C)C)c4O)cc3F)c2nc1OC. The first-order valence-electron chi connectivity index (χ1n) is 12.0. The molecule has 2 N–H and O–H groups in total. The maximum Gasteiger partial charge on any atom is 0.261 e. The fraction of sp³-hybridized carbons (Fsp3) is 0.241. The minimum atomic E-state index is -0.724. The van der Waals surface area contributed by atoms with Gasteiger partial charge in [-0.05, 0) is 24.5 Å². The molecule has 0 saturated carbocycles. The number of rotatable bonds is 7. The van der Waals surface area contributed by atoms with Crippen LogP contribution in [0.2, 0.25) is 0 Å². The summed E-state index contributed by atoms with van der Waals surface area (Å²) in [6.45, 7) is 7.79. The zero-order chi connectivity index (χ0) is 28.3. The molecule has 9 nitrogen and oxygen atoms in total. The van der Waals surface area contributed by atoms with Gasteiger partial charge in [-0.15, -0.1) is 0 Å². The summed E-state index contributed by atoms with van der Waals surface area (Å²) in [5.74, 6) is -0.776. The number of fused-ring (bicyclic) bond motifs is 1. The molecular weight excluding hydrogens is 503 g/mol. The van der Waals surface area contributed by atoms with Crippen LogP contribution in [0.3, 0.4) is 0 Å². The zero-order valence-electron chi connectivity index (χ0n) is 22.5. The number of hydrogen-bond acceptors (Lipinski definition) is 8. The third kappa shape index (κ3) is 6.06. The molecule has 0 unspecified atom stereocenters. The second kappa shape index (κ2) is 10.9. The van der Waals surface area contributed by atoms with Crippen molar-refractivity contribution >= 4 is 28.7 Å². The molecule has 39 heavy (non-hydrogen) atoms. The van der Waals surface area contributed by atoms with Gasteiger partial charge in [0.15, 0.2) is 23.1 Å². The summed E-state index contributed by atoms with van der Waals surface area (Å²) < 4.78 is 31.3. The van der Waals surface area contributed by atoms with E-state index in [1.165, 1.54) is 38.7 Å². The lowest BCUT2D eigenvalue weighted by molar-refractivity contribution is 0.102. The first-order valence-corrected chi connectivity index (χ1v) is 12.0. The van der Waals surface area contributed by atoms with E-state index in [2.05, 4.69) is 20.3 Å². The summed E-state index contributed by atoms with van der Waals surface area (Å²) in [7, 11) is 2.94. The summed E-state index contributed by atoms with van der Waals surface area (Å²) >= 11 is 0. The smallest absolute Gasteiger partial charge is 0.261 e. The summed E-state index contributed by atoms with van der Waals surface area (Å²) in [4.78, 5) is 25.8. The van der Waals surface area contributed by atoms with Gasteiger partial charge in [0, 0.05) is 47.5 Å². The summed E-state index contributed by atoms with van der Waals surface area (Å²) in [5.41, 5.74) is 1.85. The summed E-state index contributed by atoms with van der Waals surface area (Å²) in [6.07, 6.45) is 6.45. The van der Waals surface area contributed by atoms with Crippen LogP contribution in [0.1, 0.15) is 42.4 Å². The average Bonchev–Trinajstić information content (AvgIpc) is 2.88. The molecule has 3 heterocycles. The van der Waals surface area contributed by atoms with Crippen LogP contribution in [0.15, 0.2) is 48.8 Å². The Labute approximate surface area is 225 Å². The first kappa shape index (κ1) is 27.3. The first-order chi connectivity index (χ1) is 18.5. The molecule has 0 aliphatic rings. The quantitative estimate of drug-likeness (QED) is 0.285. The van der Waals surface area contributed by atoms with Gasteiger partial charge in [-0.1, -0.05) is 32.9 Å². The normalized spacial score (nSPS) is 11.6. The van der Waals surface area contributed by atoms with Crippen LogP contribution < -0.4 is 19.5 Å². The number of allylic oxidation sites excluding steroid dienone is 1. The van der Waals surface area contributed by atoms with Gasteiger partial charge in [-0.2, -0.15) is 0 Å². The van der Waals surface area contributed by atoms with Crippen LogP contribution >= 0.6 is 0 Å². The second-order valence-corrected chi connectivity index (χ2v) is 9.80. The Morgan fingerprint density at radius 3 is 2.49 bits per heavy atom. The third-order valence-corrected chi connectivity index (χ3v) is 5.71. The van der Waals surface area contributed by atoms with Crippen LogP contribution in [0.25, 0.3) is 17.1 Å². The highest BCUT2D eigenvalue weighted by atomic mass is 19.1. The highest BCUT2D eigenvalue weighted by Crippen LogP contribution is 2.35. The Hall–Kier alpha value is -4.73. The van der Waals surface area contributed by atoms with E-state index in [0.29, 0.717) is 28.0 Å². The summed E-state index contributed by atoms with van der Waals surface area (Å²) in [5, 5.41) is 13.4. The Bertz CT molecular complexity index is 1580. The maximum absolute atomic E-state index is 15.0. The zero-order valence-corrected chi connectivity index (χ0v) is 22.5. The van der Waals surface area contributed by atoms with E-state index in [-0.39, 0.29) is 39.8 Å². The van der Waals surface area contributed by atoms with E-state index in [9.17, 15) is 9.90 Å². The van der Waals surface area contributed by atoms with Crippen molar-refractivity contribution in [1.82, 2.24) is 15.0 Å². The predicted octanol–water partition coefficient (Wildman–Crippen LogP) is 6.30. The van der Waals surface area contributed by atoms with Gasteiger partial charge in [0.05, 0.1) is 19.7 Å². The van der Waals surface area contributed by atoms with Crippen LogP contribution in [-0.4, -0.2) is 40.2 Å². The number of methoxy groups -OCH3 is 2. The van der Waals surface area contributed by atoms with Crippen molar-refractivity contribution in [3.8, 4) is 28.9 Å². The number of benzene rings is 1. The minimum Gasteiger partial charge on any atom is -0.506 e. The van der Waals surface area contributed by atoms with Gasteiger partial charge in [0.2, 0.25) is 0 Å². The van der Waals surface area contributed by atoms with E-state index in [1.54, 1.807) is 25.1 Å². The molecule has 0 radical (unpaired) electrons. The Morgan fingerprint density at radius 1 is 1.05 bits per heavy atom. The molecular formula is C29H29FN4O5. The lowest BCUT2D eigenvalue weighted by atomic mass is 9.94. The molecule has 0 aliphatic heterocycles. The number of carbonyl (C=O) groups is 1. The molecule has 3 aromatic heterocycles. The number of nitrogens with one attached hydrogen (secondary N) is 1. The molecule has 4 aromatic rings. The number of halogens is 1. The Kier molecular flexibility index (Phi) is 7.66. The molecule has 1 aromatic carbocycles. The lowest BCUT2D eigenvalue weighted by Gasteiger charge is -2.14. The van der Waals surface area contributed by atoms with Gasteiger partial charge in [0.25, 0.3) is 11.8 Å². The topological polar surface area (TPSA) is 116 Å². The number of nitrogens with zero attached hydrogens (tertiary/aromatic N) is 3. The van der Waals surface area contributed by atoms with E-state index in [4.69, 9.17) is 14.2 Å². The second-order valence-electron chi connectivity index (χ2n) is 9.80. The highest BCUT2D eigenvalue weighted by Gasteiger charge is 2.19. The highest BCUT2D eigenvalue weighted by molar-refractivity contribution is 6.06. The monoisotopic (exact) mass is 532 g/mol. The van der Waals surface area contributed by atoms with Crippen molar-refractivity contribution in [3.05, 3.63) is 71.4 Å². The largest absolute Gasteiger partial charge is 0.506 e. The fourth-order valence-electron chi connectivity index (χ4n) is 3.67. The molecule has 4 rings (SSSR count). The van der Waals surface area contributed by atoms with Gasteiger partial charge in [-0.3, -0.25) is 14.8 Å². The van der Waals surface area contributed by atoms with Crippen molar-refractivity contribution in [3.63, 3.8) is 0 Å². The number of amides is 1. The number of aromatic hydroxyl groups is 1. The molecule has 0 bridgehead atoms. The van der Waals surface area contributed by atoms with Crippen molar-refractivity contribution in [2.24, 2.45) is 5.41 Å². The van der Waals surface area contributed by atoms with Crippen LogP contribution in [0.5, 0.6) is 28.9 Å². The average molecular weight is 533 g/mol. The predicted molar refractivity (Wildman–Crippen MR) is 146 cm³/mol. The van der Waals surface area contributed by atoms with Crippen molar-refractivity contribution in [2.45, 2.75) is 27.7 Å². The number of anilines is 1. The van der Waals surface area contributed by atoms with Crippen LogP contribution in [-0.2, 0) is 0 Å². The fourth-order valence-corrected chi connectivity index (χ4v) is 3.67. The van der Waals surface area contributed by atoms with Crippen molar-refractivity contribution < 1.29 is 28.5 Å². The molecule has 202 valence electrons. The van der Waals surface area contributed by atoms with E-state index in [0.717, 1.165) is 6.07 Å². The van der Waals surface area contributed by atoms with Gasteiger partial charge in [0.1, 0.15) is 16.8 Å². The summed E-state index contributed by atoms with van der Waals surface area (Å²) in [6, 6.07) is 7.17. The minimum absolute atomic E-state index is 0.0337. The number of hydrogen-bond donors (Lipinski definition) is 2. The Morgan fingerprint density at radius 2 is 1.82 bits per heavy atom.